The average molecular weight is 494 g/mol. The van der Waals surface area contributed by atoms with Crippen molar-refractivity contribution in [1.29, 1.82) is 0 Å². The van der Waals surface area contributed by atoms with E-state index in [9.17, 15) is 0 Å². The second-order valence-electron chi connectivity index (χ2n) is 10.5. The summed E-state index contributed by atoms with van der Waals surface area (Å²) in [4.78, 5) is 18.1. The van der Waals surface area contributed by atoms with Crippen LogP contribution in [-0.2, 0) is 0 Å². The standard InChI is InChI=1S/C27H36ClN7/c28-24-16-31-27(33-26(24)23-15-30-25-4-2-1-3-22(23)25)32-20-7-14-35(18-20)21-8-12-34(13-9-21)17-19-5-10-29-11-6-19/h1-4,15-16,19-21,29-30H,5-14,17-18H2,(H,31,32,33)/t20-/m1/s1. The number of fused-ring (bicyclic) bond motifs is 1. The average Bonchev–Trinajstić information content (AvgIpc) is 3.54. The number of H-pyrrole nitrogens is 1. The summed E-state index contributed by atoms with van der Waals surface area (Å²) in [6.07, 6.45) is 10.1. The topological polar surface area (TPSA) is 72.1 Å². The van der Waals surface area contributed by atoms with Crippen LogP contribution in [0.4, 0.5) is 5.95 Å². The summed E-state index contributed by atoms with van der Waals surface area (Å²) in [5, 5.41) is 8.79. The summed E-state index contributed by atoms with van der Waals surface area (Å²) in [6, 6.07) is 9.32. The van der Waals surface area contributed by atoms with Crippen LogP contribution in [0.2, 0.25) is 5.02 Å². The number of benzene rings is 1. The van der Waals surface area contributed by atoms with Crippen molar-refractivity contribution in [3.8, 4) is 11.3 Å². The minimum absolute atomic E-state index is 0.375. The quantitative estimate of drug-likeness (QED) is 0.477. The zero-order chi connectivity index (χ0) is 23.6. The minimum atomic E-state index is 0.375. The highest BCUT2D eigenvalue weighted by Gasteiger charge is 2.31. The first-order chi connectivity index (χ1) is 17.2. The Hall–Kier alpha value is -2.19. The van der Waals surface area contributed by atoms with E-state index in [4.69, 9.17) is 16.6 Å². The van der Waals surface area contributed by atoms with Crippen molar-refractivity contribution >= 4 is 28.5 Å². The van der Waals surface area contributed by atoms with Crippen molar-refractivity contribution in [1.82, 2.24) is 30.1 Å². The third kappa shape index (κ3) is 5.19. The van der Waals surface area contributed by atoms with Crippen LogP contribution in [0.25, 0.3) is 22.2 Å². The smallest absolute Gasteiger partial charge is 0.223 e. The molecule has 35 heavy (non-hydrogen) atoms. The van der Waals surface area contributed by atoms with Crippen LogP contribution in [0.3, 0.4) is 0 Å². The molecule has 3 aromatic rings. The van der Waals surface area contributed by atoms with Crippen molar-refractivity contribution in [2.24, 2.45) is 5.92 Å². The summed E-state index contributed by atoms with van der Waals surface area (Å²) < 4.78 is 0. The number of nitrogens with one attached hydrogen (secondary N) is 3. The summed E-state index contributed by atoms with van der Waals surface area (Å²) in [6.45, 7) is 8.40. The Labute approximate surface area is 212 Å². The SMILES string of the molecule is Clc1cnc(N[C@@H]2CCN(C3CCN(CC4CCNCC4)CC3)C2)nc1-c1c[nH]c2ccccc12. The first kappa shape index (κ1) is 23.2. The van der Waals surface area contributed by atoms with Gasteiger partial charge in [0.1, 0.15) is 0 Å². The molecule has 0 radical (unpaired) electrons. The van der Waals surface area contributed by atoms with Crippen molar-refractivity contribution in [3.63, 3.8) is 0 Å². The van der Waals surface area contributed by atoms with Gasteiger partial charge in [-0.1, -0.05) is 29.8 Å². The molecule has 5 heterocycles. The molecule has 6 rings (SSSR count). The maximum absolute atomic E-state index is 6.52. The lowest BCUT2D eigenvalue weighted by Crippen LogP contribution is -2.46. The summed E-state index contributed by atoms with van der Waals surface area (Å²) in [5.41, 5.74) is 2.87. The van der Waals surface area contributed by atoms with Crippen LogP contribution in [0.1, 0.15) is 32.1 Å². The highest BCUT2D eigenvalue weighted by molar-refractivity contribution is 6.33. The maximum Gasteiger partial charge on any atom is 0.223 e. The summed E-state index contributed by atoms with van der Waals surface area (Å²) in [7, 11) is 0. The van der Waals surface area contributed by atoms with Crippen LogP contribution < -0.4 is 10.6 Å². The summed E-state index contributed by atoms with van der Waals surface area (Å²) >= 11 is 6.52. The summed E-state index contributed by atoms with van der Waals surface area (Å²) in [5.74, 6) is 1.56. The molecule has 1 aromatic carbocycles. The Morgan fingerprint density at radius 2 is 1.86 bits per heavy atom. The molecule has 8 heteroatoms. The highest BCUT2D eigenvalue weighted by atomic mass is 35.5. The third-order valence-electron chi connectivity index (χ3n) is 8.19. The number of rotatable bonds is 6. The van der Waals surface area contributed by atoms with Crippen LogP contribution in [0.5, 0.6) is 0 Å². The molecular formula is C27H36ClN7. The molecule has 186 valence electrons. The molecule has 2 aromatic heterocycles. The first-order valence-corrected chi connectivity index (χ1v) is 13.6. The molecule has 3 N–H and O–H groups in total. The zero-order valence-electron chi connectivity index (χ0n) is 20.3. The highest BCUT2D eigenvalue weighted by Crippen LogP contribution is 2.32. The number of hydrogen-bond donors (Lipinski definition) is 3. The van der Waals surface area contributed by atoms with E-state index in [1.807, 2.05) is 18.3 Å². The van der Waals surface area contributed by atoms with Gasteiger partial charge < -0.3 is 20.5 Å². The van der Waals surface area contributed by atoms with Gasteiger partial charge in [-0.3, -0.25) is 4.90 Å². The fourth-order valence-corrected chi connectivity index (χ4v) is 6.40. The number of aromatic amines is 1. The van der Waals surface area contributed by atoms with E-state index < -0.39 is 0 Å². The Bertz CT molecular complexity index is 1130. The van der Waals surface area contributed by atoms with Crippen LogP contribution in [-0.4, -0.2) is 82.6 Å². The molecule has 0 spiro atoms. The lowest BCUT2D eigenvalue weighted by atomic mass is 9.95. The largest absolute Gasteiger partial charge is 0.360 e. The van der Waals surface area contributed by atoms with Gasteiger partial charge in [0.15, 0.2) is 0 Å². The van der Waals surface area contributed by atoms with E-state index >= 15 is 0 Å². The van der Waals surface area contributed by atoms with Crippen molar-refractivity contribution < 1.29 is 0 Å². The van der Waals surface area contributed by atoms with Crippen molar-refractivity contribution in [2.45, 2.75) is 44.2 Å². The van der Waals surface area contributed by atoms with Gasteiger partial charge in [0.25, 0.3) is 0 Å². The molecule has 7 nitrogen and oxygen atoms in total. The van der Waals surface area contributed by atoms with E-state index in [1.165, 1.54) is 58.4 Å². The molecule has 0 amide bonds. The fraction of sp³-hybridized carbons (Fsp3) is 0.556. The fourth-order valence-electron chi connectivity index (χ4n) is 6.21. The molecule has 0 unspecified atom stereocenters. The number of anilines is 1. The van der Waals surface area contributed by atoms with Crippen LogP contribution in [0.15, 0.2) is 36.7 Å². The molecule has 3 saturated heterocycles. The lowest BCUT2D eigenvalue weighted by Gasteiger charge is -2.38. The number of hydrogen-bond acceptors (Lipinski definition) is 6. The van der Waals surface area contributed by atoms with Gasteiger partial charge in [-0.05, 0) is 70.3 Å². The number of nitrogens with zero attached hydrogens (tertiary/aromatic N) is 4. The second kappa shape index (κ2) is 10.4. The van der Waals surface area contributed by atoms with Gasteiger partial charge in [-0.2, -0.15) is 0 Å². The molecule has 3 aliphatic rings. The molecule has 0 saturated carbocycles. The molecule has 0 aliphatic carbocycles. The number of likely N-dealkylation sites (tertiary alicyclic amines) is 2. The third-order valence-corrected chi connectivity index (χ3v) is 8.47. The number of halogens is 1. The molecule has 1 atom stereocenters. The van der Waals surface area contributed by atoms with Gasteiger partial charge in [-0.15, -0.1) is 0 Å². The lowest BCUT2D eigenvalue weighted by molar-refractivity contribution is 0.109. The Balaban J connectivity index is 1.05. The van der Waals surface area contributed by atoms with Gasteiger partial charge in [-0.25, -0.2) is 9.97 Å². The first-order valence-electron chi connectivity index (χ1n) is 13.3. The molecule has 3 aliphatic heterocycles. The van der Waals surface area contributed by atoms with Gasteiger partial charge >= 0.3 is 0 Å². The number of piperidine rings is 2. The van der Waals surface area contributed by atoms with Crippen LogP contribution >= 0.6 is 11.6 Å². The van der Waals surface area contributed by atoms with Gasteiger partial charge in [0, 0.05) is 54.4 Å². The molecule has 3 fully saturated rings. The predicted molar refractivity (Wildman–Crippen MR) is 143 cm³/mol. The predicted octanol–water partition coefficient (Wildman–Crippen LogP) is 4.23. The maximum atomic E-state index is 6.52. The molecular weight excluding hydrogens is 458 g/mol. The van der Waals surface area contributed by atoms with Crippen molar-refractivity contribution in [2.75, 3.05) is 51.1 Å². The Kier molecular flexibility index (Phi) is 6.92. The van der Waals surface area contributed by atoms with E-state index in [2.05, 4.69) is 42.5 Å². The zero-order valence-corrected chi connectivity index (χ0v) is 21.1. The molecule has 0 bridgehead atoms. The van der Waals surface area contributed by atoms with E-state index in [0.29, 0.717) is 23.1 Å². The normalized spacial score (nSPS) is 23.3. The van der Waals surface area contributed by atoms with Gasteiger partial charge in [0.05, 0.1) is 16.9 Å². The Morgan fingerprint density at radius 3 is 2.71 bits per heavy atom. The van der Waals surface area contributed by atoms with Crippen molar-refractivity contribution in [3.05, 3.63) is 41.7 Å². The van der Waals surface area contributed by atoms with Gasteiger partial charge in [0.2, 0.25) is 5.95 Å². The minimum Gasteiger partial charge on any atom is -0.360 e. The number of para-hydroxylation sites is 1. The van der Waals surface area contributed by atoms with E-state index in [1.54, 1.807) is 6.20 Å². The Morgan fingerprint density at radius 1 is 1.03 bits per heavy atom. The van der Waals surface area contributed by atoms with E-state index in [-0.39, 0.29) is 0 Å². The van der Waals surface area contributed by atoms with Crippen LogP contribution in [0, 0.1) is 5.92 Å². The number of aromatic nitrogens is 3. The monoisotopic (exact) mass is 493 g/mol. The second-order valence-corrected chi connectivity index (χ2v) is 10.9. The van der Waals surface area contributed by atoms with E-state index in [0.717, 1.165) is 47.6 Å².